The van der Waals surface area contributed by atoms with Crippen molar-refractivity contribution in [1.29, 1.82) is 0 Å². The van der Waals surface area contributed by atoms with Crippen molar-refractivity contribution in [3.8, 4) is 0 Å². The van der Waals surface area contributed by atoms with E-state index in [4.69, 9.17) is 11.6 Å². The molecule has 0 atom stereocenters. The fourth-order valence-electron chi connectivity index (χ4n) is 2.57. The van der Waals surface area contributed by atoms with Gasteiger partial charge in [-0.25, -0.2) is 0 Å². The van der Waals surface area contributed by atoms with Gasteiger partial charge in [0.2, 0.25) is 0 Å². The number of hydrogen-bond acceptors (Lipinski definition) is 4. The maximum atomic E-state index is 11.0. The Morgan fingerprint density at radius 1 is 1.44 bits per heavy atom. The molecule has 0 unspecified atom stereocenters. The fraction of sp³-hybridized carbons (Fsp3) is 0.500. The maximum Gasteiger partial charge on any atom is 0.294 e. The van der Waals surface area contributed by atoms with Gasteiger partial charge in [0.05, 0.1) is 4.92 Å². The molecule has 0 amide bonds. The molecule has 1 aliphatic carbocycles. The van der Waals surface area contributed by atoms with Crippen molar-refractivity contribution in [2.45, 2.75) is 18.4 Å². The minimum atomic E-state index is -0.645. The number of hydrogen-bond donors (Lipinski definition) is 1. The van der Waals surface area contributed by atoms with Gasteiger partial charge < -0.3 is 10.0 Å². The average Bonchev–Trinajstić information content (AvgIpc) is 3.09. The molecule has 0 radical (unpaired) electrons. The van der Waals surface area contributed by atoms with Crippen LogP contribution in [0, 0.1) is 16.0 Å². The minimum absolute atomic E-state index is 0.000321. The number of nitro groups is 1. The van der Waals surface area contributed by atoms with Gasteiger partial charge in [0.25, 0.3) is 5.69 Å². The Morgan fingerprint density at radius 3 is 2.67 bits per heavy atom. The summed E-state index contributed by atoms with van der Waals surface area (Å²) in [5.74, 6) is 0.375. The third-order valence-corrected chi connectivity index (χ3v) is 3.98. The summed E-state index contributed by atoms with van der Waals surface area (Å²) < 4.78 is 0. The fourth-order valence-corrected chi connectivity index (χ4v) is 2.74. The predicted molar refractivity (Wildman–Crippen MR) is 68.0 cm³/mol. The number of nitrogens with zero attached hydrogens (tertiary/aromatic N) is 2. The third-order valence-electron chi connectivity index (χ3n) is 3.74. The van der Waals surface area contributed by atoms with E-state index >= 15 is 0 Å². The van der Waals surface area contributed by atoms with Gasteiger partial charge in [0.15, 0.2) is 0 Å². The Bertz CT molecular complexity index is 510. The lowest BCUT2D eigenvalue weighted by atomic mass is 9.88. The number of aliphatic hydroxyl groups is 1. The molecule has 2 fully saturated rings. The summed E-state index contributed by atoms with van der Waals surface area (Å²) in [7, 11) is 0. The van der Waals surface area contributed by atoms with Crippen LogP contribution in [0.2, 0.25) is 5.02 Å². The van der Waals surface area contributed by atoms with Crippen LogP contribution in [-0.4, -0.2) is 28.7 Å². The SMILES string of the molecule is O=[N+]([O-])c1cc(Cl)ccc1N1CC(O)(C2CC2)C1. The Morgan fingerprint density at radius 2 is 2.11 bits per heavy atom. The first-order valence-electron chi connectivity index (χ1n) is 5.91. The van der Waals surface area contributed by atoms with Crippen LogP contribution in [-0.2, 0) is 0 Å². The van der Waals surface area contributed by atoms with Crippen LogP contribution in [0.3, 0.4) is 0 Å². The highest BCUT2D eigenvalue weighted by molar-refractivity contribution is 6.30. The number of anilines is 1. The summed E-state index contributed by atoms with van der Waals surface area (Å²) >= 11 is 5.77. The summed E-state index contributed by atoms with van der Waals surface area (Å²) in [4.78, 5) is 12.4. The van der Waals surface area contributed by atoms with E-state index < -0.39 is 10.5 Å². The first-order chi connectivity index (χ1) is 8.49. The zero-order chi connectivity index (χ0) is 12.9. The van der Waals surface area contributed by atoms with E-state index in [1.807, 2.05) is 4.90 Å². The van der Waals surface area contributed by atoms with Gasteiger partial charge in [-0.05, 0) is 30.9 Å². The second-order valence-electron chi connectivity index (χ2n) is 5.12. The molecule has 5 nitrogen and oxygen atoms in total. The molecule has 1 heterocycles. The van der Waals surface area contributed by atoms with Gasteiger partial charge in [0, 0.05) is 24.2 Å². The van der Waals surface area contributed by atoms with Gasteiger partial charge in [-0.2, -0.15) is 0 Å². The molecule has 6 heteroatoms. The van der Waals surface area contributed by atoms with E-state index in [0.29, 0.717) is 29.7 Å². The van der Waals surface area contributed by atoms with Gasteiger partial charge >= 0.3 is 0 Å². The first-order valence-corrected chi connectivity index (χ1v) is 6.29. The zero-order valence-electron chi connectivity index (χ0n) is 9.67. The number of β-amino-alcohol motifs (C(OH)–C–C–N with tert-alkyl or cyclic N) is 1. The molecule has 0 aromatic heterocycles. The van der Waals surface area contributed by atoms with E-state index in [2.05, 4.69) is 0 Å². The average molecular weight is 269 g/mol. The van der Waals surface area contributed by atoms with Crippen LogP contribution in [0.5, 0.6) is 0 Å². The van der Waals surface area contributed by atoms with E-state index in [0.717, 1.165) is 12.8 Å². The zero-order valence-corrected chi connectivity index (χ0v) is 10.4. The van der Waals surface area contributed by atoms with Crippen LogP contribution in [0.25, 0.3) is 0 Å². The molecular formula is C12H13ClN2O3. The predicted octanol–water partition coefficient (Wildman–Crippen LogP) is 2.21. The Labute approximate surface area is 109 Å². The van der Waals surface area contributed by atoms with Crippen molar-refractivity contribution < 1.29 is 10.0 Å². The highest BCUT2D eigenvalue weighted by Gasteiger charge is 2.52. The van der Waals surface area contributed by atoms with Crippen LogP contribution < -0.4 is 4.90 Å². The van der Waals surface area contributed by atoms with E-state index in [9.17, 15) is 15.2 Å². The van der Waals surface area contributed by atoms with E-state index in [1.54, 1.807) is 12.1 Å². The molecule has 1 aromatic carbocycles. The summed E-state index contributed by atoms with van der Waals surface area (Å²) in [6, 6.07) is 4.64. The number of halogens is 1. The summed E-state index contributed by atoms with van der Waals surface area (Å²) in [6.45, 7) is 0.945. The standard InChI is InChI=1S/C12H13ClN2O3/c13-9-3-4-10(11(5-9)15(17)18)14-6-12(16,7-14)8-1-2-8/h3-5,8,16H,1-2,6-7H2. The quantitative estimate of drug-likeness (QED) is 0.674. The second kappa shape index (κ2) is 3.83. The van der Waals surface area contributed by atoms with Crippen molar-refractivity contribution in [2.24, 2.45) is 5.92 Å². The smallest absolute Gasteiger partial charge is 0.294 e. The number of nitro benzene ring substituents is 1. The lowest BCUT2D eigenvalue weighted by Gasteiger charge is -2.48. The Balaban J connectivity index is 1.83. The molecule has 3 rings (SSSR count). The lowest BCUT2D eigenvalue weighted by molar-refractivity contribution is -0.384. The molecule has 2 aliphatic rings. The van der Waals surface area contributed by atoms with Crippen molar-refractivity contribution in [1.82, 2.24) is 0 Å². The molecule has 1 aromatic rings. The normalized spacial score (nSPS) is 21.6. The molecule has 1 saturated heterocycles. The molecule has 0 bridgehead atoms. The van der Waals surface area contributed by atoms with Gasteiger partial charge in [-0.15, -0.1) is 0 Å². The first kappa shape index (κ1) is 11.7. The minimum Gasteiger partial charge on any atom is -0.386 e. The molecule has 0 spiro atoms. The highest BCUT2D eigenvalue weighted by atomic mass is 35.5. The Hall–Kier alpha value is -1.33. The van der Waals surface area contributed by atoms with Gasteiger partial charge in [-0.3, -0.25) is 10.1 Å². The van der Waals surface area contributed by atoms with Crippen LogP contribution in [0.15, 0.2) is 18.2 Å². The highest BCUT2D eigenvalue weighted by Crippen LogP contribution is 2.47. The summed E-state index contributed by atoms with van der Waals surface area (Å²) in [5.41, 5.74) is -0.108. The van der Waals surface area contributed by atoms with Crippen molar-refractivity contribution >= 4 is 23.0 Å². The van der Waals surface area contributed by atoms with Crippen molar-refractivity contribution in [3.05, 3.63) is 33.3 Å². The molecule has 18 heavy (non-hydrogen) atoms. The largest absolute Gasteiger partial charge is 0.386 e. The van der Waals surface area contributed by atoms with E-state index in [-0.39, 0.29) is 5.69 Å². The second-order valence-corrected chi connectivity index (χ2v) is 5.56. The molecule has 1 N–H and O–H groups in total. The summed E-state index contributed by atoms with van der Waals surface area (Å²) in [6.07, 6.45) is 2.13. The Kier molecular flexibility index (Phi) is 2.50. The van der Waals surface area contributed by atoms with Gasteiger partial charge in [-0.1, -0.05) is 11.6 Å². The molecular weight excluding hydrogens is 256 g/mol. The van der Waals surface area contributed by atoms with Gasteiger partial charge in [0.1, 0.15) is 11.3 Å². The topological polar surface area (TPSA) is 66.6 Å². The van der Waals surface area contributed by atoms with Crippen molar-refractivity contribution in [3.63, 3.8) is 0 Å². The van der Waals surface area contributed by atoms with E-state index in [1.165, 1.54) is 6.07 Å². The number of benzene rings is 1. The molecule has 96 valence electrons. The maximum absolute atomic E-state index is 11.0. The van der Waals surface area contributed by atoms with Crippen LogP contribution in [0.4, 0.5) is 11.4 Å². The van der Waals surface area contributed by atoms with Crippen LogP contribution in [0.1, 0.15) is 12.8 Å². The monoisotopic (exact) mass is 268 g/mol. The number of rotatable bonds is 3. The third kappa shape index (κ3) is 1.83. The molecule has 1 saturated carbocycles. The molecule has 1 aliphatic heterocycles. The van der Waals surface area contributed by atoms with Crippen LogP contribution >= 0.6 is 11.6 Å². The summed E-state index contributed by atoms with van der Waals surface area (Å²) in [5, 5.41) is 21.6. The van der Waals surface area contributed by atoms with Crippen molar-refractivity contribution in [2.75, 3.05) is 18.0 Å². The lowest BCUT2D eigenvalue weighted by Crippen LogP contribution is -2.63.